The molecule has 2 rings (SSSR count). The average molecular weight is 345 g/mol. The maximum atomic E-state index is 12.5. The lowest BCUT2D eigenvalue weighted by molar-refractivity contribution is 0.0818. The Balaban J connectivity index is 2.12. The molecule has 0 bridgehead atoms. The van der Waals surface area contributed by atoms with Gasteiger partial charge in [0.05, 0.1) is 21.3 Å². The highest BCUT2D eigenvalue weighted by molar-refractivity contribution is 5.95. The molecule has 0 heterocycles. The molecule has 1 atom stereocenters. The first-order valence-electron chi connectivity index (χ1n) is 7.80. The van der Waals surface area contributed by atoms with Crippen molar-refractivity contribution in [3.63, 3.8) is 0 Å². The molecule has 2 aromatic carbocycles. The van der Waals surface area contributed by atoms with E-state index in [2.05, 4.69) is 5.32 Å². The molecule has 6 nitrogen and oxygen atoms in total. The standard InChI is InChI=1S/C19H23NO5/c1-22-14-9-13(10-15(11-14)23-2)19(21)20-12-18(25-4)16-7-5-6-8-17(16)24-3/h5-11,18H,12H2,1-4H3,(H,20,21)/t18-/m1/s1. The Morgan fingerprint density at radius 2 is 1.60 bits per heavy atom. The third-order valence-corrected chi connectivity index (χ3v) is 3.83. The second-order valence-corrected chi connectivity index (χ2v) is 5.28. The van der Waals surface area contributed by atoms with Gasteiger partial charge in [0.15, 0.2) is 0 Å². The molecule has 0 aliphatic rings. The van der Waals surface area contributed by atoms with E-state index in [4.69, 9.17) is 18.9 Å². The summed E-state index contributed by atoms with van der Waals surface area (Å²) in [6.07, 6.45) is -0.326. The van der Waals surface area contributed by atoms with Crippen LogP contribution >= 0.6 is 0 Å². The van der Waals surface area contributed by atoms with Crippen LogP contribution in [0.1, 0.15) is 22.0 Å². The molecule has 134 valence electrons. The van der Waals surface area contributed by atoms with Gasteiger partial charge in [-0.25, -0.2) is 0 Å². The lowest BCUT2D eigenvalue weighted by atomic mass is 10.1. The first-order valence-corrected chi connectivity index (χ1v) is 7.80. The summed E-state index contributed by atoms with van der Waals surface area (Å²) in [6, 6.07) is 12.6. The van der Waals surface area contributed by atoms with Crippen molar-refractivity contribution in [2.75, 3.05) is 35.0 Å². The van der Waals surface area contributed by atoms with Crippen LogP contribution in [-0.4, -0.2) is 40.9 Å². The molecule has 0 saturated carbocycles. The van der Waals surface area contributed by atoms with E-state index in [1.165, 1.54) is 0 Å². The zero-order chi connectivity index (χ0) is 18.2. The van der Waals surface area contributed by atoms with Crippen molar-refractivity contribution < 1.29 is 23.7 Å². The number of para-hydroxylation sites is 1. The predicted molar refractivity (Wildman–Crippen MR) is 94.6 cm³/mol. The van der Waals surface area contributed by atoms with Crippen molar-refractivity contribution >= 4 is 5.91 Å². The molecule has 6 heteroatoms. The van der Waals surface area contributed by atoms with Crippen LogP contribution in [0.5, 0.6) is 17.2 Å². The SMILES string of the molecule is COc1cc(OC)cc(C(=O)NC[C@@H](OC)c2ccccc2OC)c1. The summed E-state index contributed by atoms with van der Waals surface area (Å²) >= 11 is 0. The Morgan fingerprint density at radius 3 is 2.16 bits per heavy atom. The van der Waals surface area contributed by atoms with Crippen molar-refractivity contribution in [3.05, 3.63) is 53.6 Å². The van der Waals surface area contributed by atoms with Gasteiger partial charge >= 0.3 is 0 Å². The molecule has 25 heavy (non-hydrogen) atoms. The molecule has 0 unspecified atom stereocenters. The Labute approximate surface area is 147 Å². The molecule has 2 aromatic rings. The minimum atomic E-state index is -0.326. The monoisotopic (exact) mass is 345 g/mol. The van der Waals surface area contributed by atoms with Gasteiger partial charge in [0, 0.05) is 30.8 Å². The topological polar surface area (TPSA) is 66.0 Å². The lowest BCUT2D eigenvalue weighted by Gasteiger charge is -2.19. The number of carbonyl (C=O) groups excluding carboxylic acids is 1. The number of benzene rings is 2. The summed E-state index contributed by atoms with van der Waals surface area (Å²) < 4.78 is 21.3. The number of rotatable bonds is 8. The van der Waals surface area contributed by atoms with Crippen molar-refractivity contribution in [1.82, 2.24) is 5.32 Å². The van der Waals surface area contributed by atoms with E-state index >= 15 is 0 Å². The van der Waals surface area contributed by atoms with Crippen LogP contribution in [-0.2, 0) is 4.74 Å². The van der Waals surface area contributed by atoms with Crippen LogP contribution in [0.3, 0.4) is 0 Å². The molecule has 0 saturated heterocycles. The second kappa shape index (κ2) is 8.94. The molecule has 0 radical (unpaired) electrons. The number of nitrogens with one attached hydrogen (secondary N) is 1. The summed E-state index contributed by atoms with van der Waals surface area (Å²) in [6.45, 7) is 0.301. The highest BCUT2D eigenvalue weighted by Gasteiger charge is 2.17. The van der Waals surface area contributed by atoms with E-state index in [9.17, 15) is 4.79 Å². The van der Waals surface area contributed by atoms with Gasteiger partial charge in [-0.3, -0.25) is 4.79 Å². The van der Waals surface area contributed by atoms with Gasteiger partial charge in [-0.2, -0.15) is 0 Å². The van der Waals surface area contributed by atoms with Crippen molar-refractivity contribution in [1.29, 1.82) is 0 Å². The number of ether oxygens (including phenoxy) is 4. The van der Waals surface area contributed by atoms with E-state index in [1.54, 1.807) is 46.6 Å². The summed E-state index contributed by atoms with van der Waals surface area (Å²) in [4.78, 5) is 12.5. The molecule has 0 aromatic heterocycles. The first-order chi connectivity index (χ1) is 12.1. The average Bonchev–Trinajstić information content (AvgIpc) is 2.68. The second-order valence-electron chi connectivity index (χ2n) is 5.28. The molecule has 1 N–H and O–H groups in total. The van der Waals surface area contributed by atoms with Crippen LogP contribution in [0.15, 0.2) is 42.5 Å². The van der Waals surface area contributed by atoms with E-state index in [-0.39, 0.29) is 12.0 Å². The van der Waals surface area contributed by atoms with Crippen LogP contribution in [0.2, 0.25) is 0 Å². The fourth-order valence-corrected chi connectivity index (χ4v) is 2.48. The van der Waals surface area contributed by atoms with Crippen molar-refractivity contribution in [2.45, 2.75) is 6.10 Å². The number of hydrogen-bond acceptors (Lipinski definition) is 5. The molecule has 0 fully saturated rings. The zero-order valence-corrected chi connectivity index (χ0v) is 14.9. The molecular weight excluding hydrogens is 322 g/mol. The smallest absolute Gasteiger partial charge is 0.251 e. The summed E-state index contributed by atoms with van der Waals surface area (Å²) in [5, 5.41) is 2.87. The molecule has 0 spiro atoms. The third kappa shape index (κ3) is 4.64. The summed E-state index contributed by atoms with van der Waals surface area (Å²) in [5.74, 6) is 1.58. The number of amides is 1. The van der Waals surface area contributed by atoms with Crippen molar-refractivity contribution in [2.24, 2.45) is 0 Å². The van der Waals surface area contributed by atoms with Crippen LogP contribution in [0.4, 0.5) is 0 Å². The van der Waals surface area contributed by atoms with Gasteiger partial charge in [0.2, 0.25) is 0 Å². The lowest BCUT2D eigenvalue weighted by Crippen LogP contribution is -2.29. The first kappa shape index (κ1) is 18.6. The highest BCUT2D eigenvalue weighted by Crippen LogP contribution is 2.27. The maximum absolute atomic E-state index is 12.5. The number of carbonyl (C=O) groups is 1. The molecule has 1 amide bonds. The Morgan fingerprint density at radius 1 is 0.960 bits per heavy atom. The zero-order valence-electron chi connectivity index (χ0n) is 14.9. The van der Waals surface area contributed by atoms with Gasteiger partial charge in [-0.1, -0.05) is 18.2 Å². The van der Waals surface area contributed by atoms with Crippen LogP contribution in [0, 0.1) is 0 Å². The Kier molecular flexibility index (Phi) is 6.65. The Hall–Kier alpha value is -2.73. The minimum absolute atomic E-state index is 0.242. The van der Waals surface area contributed by atoms with E-state index in [0.29, 0.717) is 29.4 Å². The number of methoxy groups -OCH3 is 4. The van der Waals surface area contributed by atoms with Gasteiger partial charge in [0.1, 0.15) is 23.4 Å². The third-order valence-electron chi connectivity index (χ3n) is 3.83. The molecule has 0 aliphatic carbocycles. The minimum Gasteiger partial charge on any atom is -0.497 e. The fourth-order valence-electron chi connectivity index (χ4n) is 2.48. The number of hydrogen-bond donors (Lipinski definition) is 1. The molecular formula is C19H23NO5. The van der Waals surface area contributed by atoms with E-state index in [1.807, 2.05) is 24.3 Å². The van der Waals surface area contributed by atoms with Crippen LogP contribution in [0.25, 0.3) is 0 Å². The largest absolute Gasteiger partial charge is 0.497 e. The van der Waals surface area contributed by atoms with E-state index < -0.39 is 0 Å². The molecule has 0 aliphatic heterocycles. The van der Waals surface area contributed by atoms with Crippen molar-refractivity contribution in [3.8, 4) is 17.2 Å². The van der Waals surface area contributed by atoms with Gasteiger partial charge in [0.25, 0.3) is 5.91 Å². The van der Waals surface area contributed by atoms with E-state index in [0.717, 1.165) is 5.56 Å². The van der Waals surface area contributed by atoms with Gasteiger partial charge < -0.3 is 24.3 Å². The normalized spacial score (nSPS) is 11.5. The summed E-state index contributed by atoms with van der Waals surface area (Å²) in [7, 11) is 6.28. The summed E-state index contributed by atoms with van der Waals surface area (Å²) in [5.41, 5.74) is 1.32. The van der Waals surface area contributed by atoms with Gasteiger partial charge in [-0.05, 0) is 18.2 Å². The fraction of sp³-hybridized carbons (Fsp3) is 0.316. The maximum Gasteiger partial charge on any atom is 0.251 e. The van der Waals surface area contributed by atoms with Gasteiger partial charge in [-0.15, -0.1) is 0 Å². The highest BCUT2D eigenvalue weighted by atomic mass is 16.5. The Bertz CT molecular complexity index is 694. The van der Waals surface area contributed by atoms with Crippen LogP contribution < -0.4 is 19.5 Å². The quantitative estimate of drug-likeness (QED) is 0.797. The predicted octanol–water partition coefficient (Wildman–Crippen LogP) is 2.83.